The first kappa shape index (κ1) is 14.8. The van der Waals surface area contributed by atoms with Gasteiger partial charge in [-0.2, -0.15) is 0 Å². The van der Waals surface area contributed by atoms with Gasteiger partial charge in [0.15, 0.2) is 0 Å². The number of carbonyl (C=O) groups excluding carboxylic acids is 1. The molecule has 2 fully saturated rings. The fourth-order valence-corrected chi connectivity index (χ4v) is 3.10. The van der Waals surface area contributed by atoms with E-state index in [1.807, 2.05) is 18.7 Å². The number of amides is 1. The molecule has 5 nitrogen and oxygen atoms in total. The molecule has 110 valence electrons. The van der Waals surface area contributed by atoms with Crippen molar-refractivity contribution in [3.05, 3.63) is 0 Å². The number of morpholine rings is 1. The number of carbonyl (C=O) groups is 1. The van der Waals surface area contributed by atoms with E-state index in [4.69, 9.17) is 4.74 Å². The molecule has 0 aromatic rings. The molecule has 5 heteroatoms. The highest BCUT2D eigenvalue weighted by Gasteiger charge is 2.45. The van der Waals surface area contributed by atoms with Gasteiger partial charge in [0.05, 0.1) is 25.4 Å². The lowest BCUT2D eigenvalue weighted by molar-refractivity contribution is -0.136. The maximum absolute atomic E-state index is 12.2. The minimum atomic E-state index is -0.661. The van der Waals surface area contributed by atoms with Crippen LogP contribution in [0.15, 0.2) is 0 Å². The monoisotopic (exact) mass is 270 g/mol. The Balaban J connectivity index is 1.89. The van der Waals surface area contributed by atoms with Crippen molar-refractivity contribution in [2.45, 2.75) is 26.4 Å². The molecule has 0 saturated carbocycles. The second-order valence-electron chi connectivity index (χ2n) is 6.21. The maximum Gasteiger partial charge on any atom is 0.236 e. The van der Waals surface area contributed by atoms with Gasteiger partial charge in [0, 0.05) is 26.2 Å². The predicted octanol–water partition coefficient (Wildman–Crippen LogP) is 0.184. The van der Waals surface area contributed by atoms with Gasteiger partial charge in [-0.25, -0.2) is 0 Å². The van der Waals surface area contributed by atoms with E-state index in [9.17, 15) is 9.90 Å². The van der Waals surface area contributed by atoms with Crippen LogP contribution < -0.4 is 0 Å². The van der Waals surface area contributed by atoms with Crippen LogP contribution in [0.3, 0.4) is 0 Å². The number of nitrogens with zero attached hydrogens (tertiary/aromatic N) is 2. The molecule has 2 rings (SSSR count). The van der Waals surface area contributed by atoms with Crippen molar-refractivity contribution in [1.29, 1.82) is 0 Å². The fraction of sp³-hybridized carbons (Fsp3) is 0.929. The molecule has 0 aliphatic carbocycles. The number of hydrogen-bond acceptors (Lipinski definition) is 4. The number of ether oxygens (including phenoxy) is 1. The van der Waals surface area contributed by atoms with Crippen LogP contribution in [-0.4, -0.2) is 72.4 Å². The molecule has 0 bridgehead atoms. The Morgan fingerprint density at radius 2 is 2.05 bits per heavy atom. The van der Waals surface area contributed by atoms with Gasteiger partial charge in [-0.1, -0.05) is 20.8 Å². The average molecular weight is 270 g/mol. The Hall–Kier alpha value is -0.650. The molecular formula is C14H26N2O3. The zero-order chi connectivity index (χ0) is 14.0. The van der Waals surface area contributed by atoms with Crippen LogP contribution >= 0.6 is 0 Å². The molecule has 0 spiro atoms. The lowest BCUT2D eigenvalue weighted by atomic mass is 9.82. The zero-order valence-electron chi connectivity index (χ0n) is 12.3. The van der Waals surface area contributed by atoms with Crippen LogP contribution in [0.5, 0.6) is 0 Å². The van der Waals surface area contributed by atoms with Crippen LogP contribution in [0.4, 0.5) is 0 Å². The summed E-state index contributed by atoms with van der Waals surface area (Å²) in [6, 6.07) is 0. The van der Waals surface area contributed by atoms with Crippen molar-refractivity contribution < 1.29 is 14.6 Å². The summed E-state index contributed by atoms with van der Waals surface area (Å²) < 4.78 is 5.25. The van der Waals surface area contributed by atoms with Crippen LogP contribution in [0.1, 0.15) is 20.8 Å². The van der Waals surface area contributed by atoms with E-state index >= 15 is 0 Å². The van der Waals surface area contributed by atoms with Gasteiger partial charge in [-0.15, -0.1) is 0 Å². The molecule has 2 aliphatic heterocycles. The Kier molecular flexibility index (Phi) is 4.48. The van der Waals surface area contributed by atoms with Crippen LogP contribution in [0.25, 0.3) is 0 Å². The summed E-state index contributed by atoms with van der Waals surface area (Å²) in [4.78, 5) is 16.1. The molecule has 19 heavy (non-hydrogen) atoms. The van der Waals surface area contributed by atoms with Crippen LogP contribution in [0, 0.1) is 11.8 Å². The quantitative estimate of drug-likeness (QED) is 0.795. The minimum absolute atomic E-state index is 0.156. The lowest BCUT2D eigenvalue weighted by Gasteiger charge is -2.32. The van der Waals surface area contributed by atoms with Gasteiger partial charge in [-0.05, 0) is 11.8 Å². The standard InChI is InChI=1S/C14H26N2O3/c1-11(2)14(18)10-15(8-12(14)3)9-13(17)16-4-6-19-7-5-16/h11-12,18H,4-10H2,1-3H3/t12-,14-/m0/s1. The Morgan fingerprint density at radius 3 is 2.58 bits per heavy atom. The maximum atomic E-state index is 12.2. The van der Waals surface area contributed by atoms with Crippen molar-refractivity contribution in [3.8, 4) is 0 Å². The summed E-state index contributed by atoms with van der Waals surface area (Å²) >= 11 is 0. The highest BCUT2D eigenvalue weighted by atomic mass is 16.5. The smallest absolute Gasteiger partial charge is 0.236 e. The van der Waals surface area contributed by atoms with Crippen molar-refractivity contribution in [1.82, 2.24) is 9.80 Å². The second kappa shape index (κ2) is 5.77. The molecule has 0 aromatic carbocycles. The first-order valence-corrected chi connectivity index (χ1v) is 7.23. The third-order valence-electron chi connectivity index (χ3n) is 4.58. The summed E-state index contributed by atoms with van der Waals surface area (Å²) in [7, 11) is 0. The largest absolute Gasteiger partial charge is 0.388 e. The third kappa shape index (κ3) is 3.09. The van der Waals surface area contributed by atoms with Crippen molar-refractivity contribution in [3.63, 3.8) is 0 Å². The SMILES string of the molecule is CC(C)[C@@]1(O)CN(CC(=O)N2CCOCC2)C[C@@H]1C. The molecular weight excluding hydrogens is 244 g/mol. The molecule has 0 radical (unpaired) electrons. The summed E-state index contributed by atoms with van der Waals surface area (Å²) in [6.45, 7) is 10.6. The summed E-state index contributed by atoms with van der Waals surface area (Å²) in [6.07, 6.45) is 0. The number of β-amino-alcohol motifs (C(OH)–C–C–N with tert-alkyl or cyclic N) is 1. The highest BCUT2D eigenvalue weighted by Crippen LogP contribution is 2.33. The van der Waals surface area contributed by atoms with E-state index in [1.54, 1.807) is 0 Å². The molecule has 1 amide bonds. The van der Waals surface area contributed by atoms with Gasteiger partial charge in [-0.3, -0.25) is 9.69 Å². The van der Waals surface area contributed by atoms with Gasteiger partial charge in [0.2, 0.25) is 5.91 Å². The normalized spacial score (nSPS) is 33.1. The van der Waals surface area contributed by atoms with E-state index < -0.39 is 5.60 Å². The second-order valence-corrected chi connectivity index (χ2v) is 6.21. The van der Waals surface area contributed by atoms with E-state index in [2.05, 4.69) is 11.8 Å². The zero-order valence-corrected chi connectivity index (χ0v) is 12.3. The summed E-state index contributed by atoms with van der Waals surface area (Å²) in [5, 5.41) is 10.6. The molecule has 0 unspecified atom stereocenters. The first-order chi connectivity index (χ1) is 8.93. The molecule has 2 aliphatic rings. The molecule has 2 heterocycles. The van der Waals surface area contributed by atoms with Gasteiger partial charge in [0.25, 0.3) is 0 Å². The Bertz CT molecular complexity index is 329. The van der Waals surface area contributed by atoms with E-state index in [0.29, 0.717) is 39.4 Å². The van der Waals surface area contributed by atoms with E-state index in [1.165, 1.54) is 0 Å². The van der Waals surface area contributed by atoms with Crippen molar-refractivity contribution >= 4 is 5.91 Å². The number of aliphatic hydroxyl groups is 1. The van der Waals surface area contributed by atoms with Crippen LogP contribution in [0.2, 0.25) is 0 Å². The molecule has 2 atom stereocenters. The number of hydrogen-bond donors (Lipinski definition) is 1. The van der Waals surface area contributed by atoms with Gasteiger partial charge in [0.1, 0.15) is 0 Å². The third-order valence-corrected chi connectivity index (χ3v) is 4.58. The Morgan fingerprint density at radius 1 is 1.42 bits per heavy atom. The summed E-state index contributed by atoms with van der Waals surface area (Å²) in [5.41, 5.74) is -0.661. The van der Waals surface area contributed by atoms with Gasteiger partial charge < -0.3 is 14.7 Å². The summed E-state index contributed by atoms with van der Waals surface area (Å²) in [5.74, 6) is 0.583. The van der Waals surface area contributed by atoms with E-state index in [0.717, 1.165) is 6.54 Å². The number of likely N-dealkylation sites (tertiary alicyclic amines) is 1. The first-order valence-electron chi connectivity index (χ1n) is 7.23. The molecule has 1 N–H and O–H groups in total. The Labute approximate surface area is 115 Å². The van der Waals surface area contributed by atoms with Crippen molar-refractivity contribution in [2.75, 3.05) is 45.9 Å². The van der Waals surface area contributed by atoms with Gasteiger partial charge >= 0.3 is 0 Å². The molecule has 0 aromatic heterocycles. The van der Waals surface area contributed by atoms with Crippen LogP contribution in [-0.2, 0) is 9.53 Å². The topological polar surface area (TPSA) is 53.0 Å². The van der Waals surface area contributed by atoms with E-state index in [-0.39, 0.29) is 17.7 Å². The average Bonchev–Trinajstić information content (AvgIpc) is 2.67. The predicted molar refractivity (Wildman–Crippen MR) is 72.8 cm³/mol. The highest BCUT2D eigenvalue weighted by molar-refractivity contribution is 5.78. The lowest BCUT2D eigenvalue weighted by Crippen LogP contribution is -2.46. The fourth-order valence-electron chi connectivity index (χ4n) is 3.10. The molecule has 2 saturated heterocycles. The minimum Gasteiger partial charge on any atom is -0.388 e. The number of rotatable bonds is 3. The van der Waals surface area contributed by atoms with Crippen molar-refractivity contribution in [2.24, 2.45) is 11.8 Å².